The van der Waals surface area contributed by atoms with Crippen LogP contribution in [-0.4, -0.2) is 23.5 Å². The number of nitrogens with one attached hydrogen (secondary N) is 1. The Morgan fingerprint density at radius 3 is 2.89 bits per heavy atom. The van der Waals surface area contributed by atoms with E-state index in [0.29, 0.717) is 9.72 Å². The number of amides is 1. The highest BCUT2D eigenvalue weighted by Crippen LogP contribution is 2.29. The molecule has 2 atom stereocenters. The number of rotatable bonds is 3. The molecule has 0 radical (unpaired) electrons. The van der Waals surface area contributed by atoms with Gasteiger partial charge in [-0.1, -0.05) is 6.07 Å². The van der Waals surface area contributed by atoms with Crippen LogP contribution in [0.4, 0.5) is 4.39 Å². The number of carbonyl (C=O) groups is 1. The summed E-state index contributed by atoms with van der Waals surface area (Å²) >= 11 is 5.05. The predicted octanol–water partition coefficient (Wildman–Crippen LogP) is 3.60. The van der Waals surface area contributed by atoms with E-state index in [1.54, 1.807) is 12.1 Å². The van der Waals surface area contributed by atoms with Crippen LogP contribution in [-0.2, 0) is 0 Å². The zero-order valence-electron chi connectivity index (χ0n) is 10.1. The van der Waals surface area contributed by atoms with Crippen molar-refractivity contribution in [3.05, 3.63) is 34.1 Å². The maximum Gasteiger partial charge on any atom is 0.255 e. The fourth-order valence-corrected chi connectivity index (χ4v) is 3.58. The van der Waals surface area contributed by atoms with Crippen molar-refractivity contribution in [1.82, 2.24) is 5.32 Å². The second-order valence-electron chi connectivity index (χ2n) is 4.44. The van der Waals surface area contributed by atoms with Gasteiger partial charge in [-0.2, -0.15) is 11.8 Å². The van der Waals surface area contributed by atoms with E-state index < -0.39 is 5.82 Å². The van der Waals surface area contributed by atoms with E-state index in [2.05, 4.69) is 27.5 Å². The lowest BCUT2D eigenvalue weighted by Crippen LogP contribution is -2.33. The van der Waals surface area contributed by atoms with E-state index in [0.717, 1.165) is 19.3 Å². The molecule has 0 saturated heterocycles. The van der Waals surface area contributed by atoms with Crippen LogP contribution in [0.3, 0.4) is 0 Å². The smallest absolute Gasteiger partial charge is 0.255 e. The minimum atomic E-state index is -0.485. The number of benzene rings is 1. The molecule has 2 rings (SSSR count). The third kappa shape index (κ3) is 3.06. The van der Waals surface area contributed by atoms with E-state index in [9.17, 15) is 9.18 Å². The molecule has 1 saturated carbocycles. The molecule has 18 heavy (non-hydrogen) atoms. The molecular weight excluding hydrogens is 317 g/mol. The molecule has 1 aromatic rings. The summed E-state index contributed by atoms with van der Waals surface area (Å²) in [5, 5.41) is 3.53. The van der Waals surface area contributed by atoms with Crippen LogP contribution in [0.5, 0.6) is 0 Å². The molecule has 5 heteroatoms. The van der Waals surface area contributed by atoms with Crippen LogP contribution in [0.2, 0.25) is 0 Å². The van der Waals surface area contributed by atoms with Crippen LogP contribution >= 0.6 is 27.7 Å². The Kier molecular flexibility index (Phi) is 4.67. The van der Waals surface area contributed by atoms with Crippen molar-refractivity contribution in [2.45, 2.75) is 30.6 Å². The third-order valence-electron chi connectivity index (χ3n) is 3.24. The standard InChI is InChI=1S/C13H15BrFNOS/c1-18-9-6-5-8(7-9)16-13(17)12-10(14)3-2-4-11(12)15/h2-4,8-9H,5-7H2,1H3,(H,16,17). The van der Waals surface area contributed by atoms with Crippen molar-refractivity contribution >= 4 is 33.6 Å². The van der Waals surface area contributed by atoms with Gasteiger partial charge in [0.05, 0.1) is 5.56 Å². The summed E-state index contributed by atoms with van der Waals surface area (Å²) < 4.78 is 14.1. The van der Waals surface area contributed by atoms with Crippen molar-refractivity contribution in [3.63, 3.8) is 0 Å². The van der Waals surface area contributed by atoms with Crippen molar-refractivity contribution in [2.75, 3.05) is 6.26 Å². The first-order chi connectivity index (χ1) is 8.61. The van der Waals surface area contributed by atoms with Crippen LogP contribution in [0.1, 0.15) is 29.6 Å². The molecule has 0 heterocycles. The van der Waals surface area contributed by atoms with E-state index in [1.165, 1.54) is 6.07 Å². The Balaban J connectivity index is 2.04. The number of halogens is 2. The molecule has 2 nitrogen and oxygen atoms in total. The van der Waals surface area contributed by atoms with Crippen LogP contribution < -0.4 is 5.32 Å². The van der Waals surface area contributed by atoms with Crippen LogP contribution in [0.15, 0.2) is 22.7 Å². The first-order valence-corrected chi connectivity index (χ1v) is 7.97. The average molecular weight is 332 g/mol. The lowest BCUT2D eigenvalue weighted by molar-refractivity contribution is 0.0933. The molecule has 0 aromatic heterocycles. The topological polar surface area (TPSA) is 29.1 Å². The lowest BCUT2D eigenvalue weighted by Gasteiger charge is -2.14. The van der Waals surface area contributed by atoms with E-state index in [1.807, 2.05) is 11.8 Å². The SMILES string of the molecule is CSC1CCC(NC(=O)c2c(F)cccc2Br)C1. The van der Waals surface area contributed by atoms with E-state index in [4.69, 9.17) is 0 Å². The second kappa shape index (κ2) is 6.06. The first kappa shape index (κ1) is 13.9. The molecule has 1 N–H and O–H groups in total. The summed E-state index contributed by atoms with van der Waals surface area (Å²) in [5.74, 6) is -0.812. The minimum absolute atomic E-state index is 0.102. The van der Waals surface area contributed by atoms with Crippen LogP contribution in [0.25, 0.3) is 0 Å². The Morgan fingerprint density at radius 1 is 1.50 bits per heavy atom. The van der Waals surface area contributed by atoms with Gasteiger partial charge in [-0.3, -0.25) is 4.79 Å². The summed E-state index contributed by atoms with van der Waals surface area (Å²) in [6.07, 6.45) is 5.15. The average Bonchev–Trinajstić information content (AvgIpc) is 2.76. The second-order valence-corrected chi connectivity index (χ2v) is 6.43. The van der Waals surface area contributed by atoms with Gasteiger partial charge in [0.15, 0.2) is 0 Å². The van der Waals surface area contributed by atoms with Gasteiger partial charge in [0.1, 0.15) is 5.82 Å². The number of thioether (sulfide) groups is 1. The third-order valence-corrected chi connectivity index (χ3v) is 5.00. The quantitative estimate of drug-likeness (QED) is 0.916. The molecule has 0 aliphatic heterocycles. The Morgan fingerprint density at radius 2 is 2.28 bits per heavy atom. The van der Waals surface area contributed by atoms with Crippen molar-refractivity contribution in [2.24, 2.45) is 0 Å². The zero-order chi connectivity index (χ0) is 13.1. The van der Waals surface area contributed by atoms with Gasteiger partial charge in [-0.25, -0.2) is 4.39 Å². The van der Waals surface area contributed by atoms with Crippen LogP contribution in [0, 0.1) is 5.82 Å². The van der Waals surface area contributed by atoms with Crippen molar-refractivity contribution in [1.29, 1.82) is 0 Å². The normalized spacial score (nSPS) is 23.1. The van der Waals surface area contributed by atoms with Crippen molar-refractivity contribution in [3.8, 4) is 0 Å². The molecule has 2 unspecified atom stereocenters. The fourth-order valence-electron chi connectivity index (χ4n) is 2.26. The van der Waals surface area contributed by atoms with Gasteiger partial charge in [-0.15, -0.1) is 0 Å². The summed E-state index contributed by atoms with van der Waals surface area (Å²) in [6.45, 7) is 0. The highest BCUT2D eigenvalue weighted by atomic mass is 79.9. The predicted molar refractivity (Wildman–Crippen MR) is 76.5 cm³/mol. The van der Waals surface area contributed by atoms with Gasteiger partial charge < -0.3 is 5.32 Å². The molecule has 0 spiro atoms. The highest BCUT2D eigenvalue weighted by molar-refractivity contribution is 9.10. The fraction of sp³-hybridized carbons (Fsp3) is 0.462. The van der Waals surface area contributed by atoms with Gasteiger partial charge >= 0.3 is 0 Å². The molecular formula is C13H15BrFNOS. The molecule has 1 aliphatic carbocycles. The van der Waals surface area contributed by atoms with Gasteiger partial charge in [0, 0.05) is 15.8 Å². The zero-order valence-corrected chi connectivity index (χ0v) is 12.5. The van der Waals surface area contributed by atoms with Crippen molar-refractivity contribution < 1.29 is 9.18 Å². The Hall–Kier alpha value is -0.550. The van der Waals surface area contributed by atoms with Gasteiger partial charge in [0.2, 0.25) is 0 Å². The lowest BCUT2D eigenvalue weighted by atomic mass is 10.1. The first-order valence-electron chi connectivity index (χ1n) is 5.89. The maximum atomic E-state index is 13.6. The molecule has 1 fully saturated rings. The van der Waals surface area contributed by atoms with Gasteiger partial charge in [-0.05, 0) is 53.6 Å². The number of carbonyl (C=O) groups excluding carboxylic acids is 1. The van der Waals surface area contributed by atoms with Gasteiger partial charge in [0.25, 0.3) is 5.91 Å². The molecule has 0 bridgehead atoms. The van der Waals surface area contributed by atoms with E-state index >= 15 is 0 Å². The highest BCUT2D eigenvalue weighted by Gasteiger charge is 2.26. The molecule has 1 aromatic carbocycles. The summed E-state index contributed by atoms with van der Waals surface area (Å²) in [6, 6.07) is 4.73. The Labute approximate surface area is 119 Å². The Bertz CT molecular complexity index is 434. The summed E-state index contributed by atoms with van der Waals surface area (Å²) in [5.41, 5.74) is 0.102. The minimum Gasteiger partial charge on any atom is -0.349 e. The number of hydrogen-bond acceptors (Lipinski definition) is 2. The molecule has 98 valence electrons. The molecule has 1 aliphatic rings. The van der Waals surface area contributed by atoms with E-state index in [-0.39, 0.29) is 17.5 Å². The monoisotopic (exact) mass is 331 g/mol. The summed E-state index contributed by atoms with van der Waals surface area (Å²) in [4.78, 5) is 12.0. The maximum absolute atomic E-state index is 13.6. The summed E-state index contributed by atoms with van der Waals surface area (Å²) in [7, 11) is 0. The molecule has 1 amide bonds. The number of hydrogen-bond donors (Lipinski definition) is 1. The largest absolute Gasteiger partial charge is 0.349 e.